The Hall–Kier alpha value is -0.860. The molecule has 1 saturated heterocycles. The third kappa shape index (κ3) is 3.55. The van der Waals surface area contributed by atoms with Crippen LogP contribution >= 0.6 is 0 Å². The van der Waals surface area contributed by atoms with E-state index in [1.807, 2.05) is 0 Å². The normalized spacial score (nSPS) is 22.4. The van der Waals surface area contributed by atoms with Crippen molar-refractivity contribution in [3.8, 4) is 0 Å². The lowest BCUT2D eigenvalue weighted by atomic mass is 9.94. The van der Waals surface area contributed by atoms with Crippen molar-refractivity contribution in [2.75, 3.05) is 13.6 Å². The molecule has 1 fully saturated rings. The SMILES string of the molecule is CNC(CC1CCCCN1)c1ccc(C)cc1. The first-order chi connectivity index (χ1) is 8.29. The number of hydrogen-bond donors (Lipinski definition) is 2. The van der Waals surface area contributed by atoms with Crippen LogP contribution in [0.5, 0.6) is 0 Å². The van der Waals surface area contributed by atoms with Crippen LogP contribution < -0.4 is 10.6 Å². The molecule has 17 heavy (non-hydrogen) atoms. The molecule has 1 aromatic carbocycles. The summed E-state index contributed by atoms with van der Waals surface area (Å²) in [5.41, 5.74) is 2.74. The van der Waals surface area contributed by atoms with Gasteiger partial charge in [-0.2, -0.15) is 0 Å². The standard InChI is InChI=1S/C15H24N2/c1-12-6-8-13(9-7-12)15(16-2)11-14-5-3-4-10-17-14/h6-9,14-17H,3-5,10-11H2,1-2H3. The Morgan fingerprint density at radius 2 is 2.06 bits per heavy atom. The summed E-state index contributed by atoms with van der Waals surface area (Å²) in [5, 5.41) is 7.07. The smallest absolute Gasteiger partial charge is 0.0332 e. The van der Waals surface area contributed by atoms with E-state index in [0.29, 0.717) is 12.1 Å². The largest absolute Gasteiger partial charge is 0.314 e. The zero-order valence-electron chi connectivity index (χ0n) is 11.0. The van der Waals surface area contributed by atoms with Crippen molar-refractivity contribution >= 4 is 0 Å². The molecule has 0 bridgehead atoms. The molecule has 1 aliphatic rings. The van der Waals surface area contributed by atoms with Gasteiger partial charge in [0.25, 0.3) is 0 Å². The fourth-order valence-corrected chi connectivity index (χ4v) is 2.63. The number of piperidine rings is 1. The number of nitrogens with one attached hydrogen (secondary N) is 2. The summed E-state index contributed by atoms with van der Waals surface area (Å²) in [5.74, 6) is 0. The summed E-state index contributed by atoms with van der Waals surface area (Å²) in [6.07, 6.45) is 5.23. The van der Waals surface area contributed by atoms with E-state index in [1.54, 1.807) is 0 Å². The van der Waals surface area contributed by atoms with Gasteiger partial charge in [0.2, 0.25) is 0 Å². The second kappa shape index (κ2) is 6.18. The highest BCUT2D eigenvalue weighted by atomic mass is 14.9. The van der Waals surface area contributed by atoms with Crippen molar-refractivity contribution in [1.29, 1.82) is 0 Å². The Morgan fingerprint density at radius 1 is 1.29 bits per heavy atom. The van der Waals surface area contributed by atoms with Gasteiger partial charge in [-0.05, 0) is 45.3 Å². The van der Waals surface area contributed by atoms with Gasteiger partial charge in [0.1, 0.15) is 0 Å². The van der Waals surface area contributed by atoms with E-state index in [4.69, 9.17) is 0 Å². The fourth-order valence-electron chi connectivity index (χ4n) is 2.63. The van der Waals surface area contributed by atoms with Gasteiger partial charge in [0.05, 0.1) is 0 Å². The van der Waals surface area contributed by atoms with Gasteiger partial charge >= 0.3 is 0 Å². The molecule has 0 radical (unpaired) electrons. The van der Waals surface area contributed by atoms with Crippen molar-refractivity contribution < 1.29 is 0 Å². The minimum Gasteiger partial charge on any atom is -0.314 e. The summed E-state index contributed by atoms with van der Waals surface area (Å²) >= 11 is 0. The fraction of sp³-hybridized carbons (Fsp3) is 0.600. The van der Waals surface area contributed by atoms with E-state index in [9.17, 15) is 0 Å². The van der Waals surface area contributed by atoms with Gasteiger partial charge in [-0.3, -0.25) is 0 Å². The van der Waals surface area contributed by atoms with Crippen molar-refractivity contribution in [2.24, 2.45) is 0 Å². The van der Waals surface area contributed by atoms with E-state index in [0.717, 1.165) is 0 Å². The quantitative estimate of drug-likeness (QED) is 0.834. The molecule has 2 N–H and O–H groups in total. The minimum atomic E-state index is 0.478. The predicted molar refractivity (Wildman–Crippen MR) is 73.2 cm³/mol. The zero-order chi connectivity index (χ0) is 12.1. The van der Waals surface area contributed by atoms with Crippen LogP contribution in [-0.4, -0.2) is 19.6 Å². The van der Waals surface area contributed by atoms with E-state index in [-0.39, 0.29) is 0 Å². The number of aryl methyl sites for hydroxylation is 1. The van der Waals surface area contributed by atoms with Gasteiger partial charge in [-0.15, -0.1) is 0 Å². The van der Waals surface area contributed by atoms with Crippen LogP contribution in [0, 0.1) is 6.92 Å². The maximum Gasteiger partial charge on any atom is 0.0332 e. The molecular formula is C15H24N2. The lowest BCUT2D eigenvalue weighted by Crippen LogP contribution is -2.37. The molecule has 1 aromatic rings. The highest BCUT2D eigenvalue weighted by Gasteiger charge is 2.18. The van der Waals surface area contributed by atoms with Crippen molar-refractivity contribution in [3.05, 3.63) is 35.4 Å². The molecule has 0 saturated carbocycles. The van der Waals surface area contributed by atoms with E-state index in [2.05, 4.69) is 48.9 Å². The van der Waals surface area contributed by atoms with Crippen LogP contribution in [0.3, 0.4) is 0 Å². The molecule has 2 atom stereocenters. The number of rotatable bonds is 4. The summed E-state index contributed by atoms with van der Waals surface area (Å²) in [6, 6.07) is 10.1. The summed E-state index contributed by atoms with van der Waals surface area (Å²) in [7, 11) is 2.06. The topological polar surface area (TPSA) is 24.1 Å². The molecule has 2 unspecified atom stereocenters. The monoisotopic (exact) mass is 232 g/mol. The highest BCUT2D eigenvalue weighted by Crippen LogP contribution is 2.22. The van der Waals surface area contributed by atoms with Crippen LogP contribution in [-0.2, 0) is 0 Å². The lowest BCUT2D eigenvalue weighted by Gasteiger charge is -2.28. The van der Waals surface area contributed by atoms with E-state index < -0.39 is 0 Å². The predicted octanol–water partition coefficient (Wildman–Crippen LogP) is 2.79. The second-order valence-electron chi connectivity index (χ2n) is 5.13. The van der Waals surface area contributed by atoms with Gasteiger partial charge in [-0.1, -0.05) is 36.2 Å². The van der Waals surface area contributed by atoms with Crippen LogP contribution in [0.25, 0.3) is 0 Å². The molecule has 0 spiro atoms. The molecule has 2 heteroatoms. The Bertz CT molecular complexity index is 325. The summed E-state index contributed by atoms with van der Waals surface area (Å²) in [4.78, 5) is 0. The van der Waals surface area contributed by atoms with Crippen LogP contribution in [0.2, 0.25) is 0 Å². The first-order valence-corrected chi connectivity index (χ1v) is 6.77. The minimum absolute atomic E-state index is 0.478. The molecule has 0 aromatic heterocycles. The van der Waals surface area contributed by atoms with Gasteiger partial charge in [-0.25, -0.2) is 0 Å². The van der Waals surface area contributed by atoms with Gasteiger partial charge < -0.3 is 10.6 Å². The van der Waals surface area contributed by atoms with E-state index >= 15 is 0 Å². The van der Waals surface area contributed by atoms with Gasteiger partial charge in [0.15, 0.2) is 0 Å². The van der Waals surface area contributed by atoms with Crippen molar-refractivity contribution in [3.63, 3.8) is 0 Å². The Balaban J connectivity index is 1.97. The number of benzene rings is 1. The Labute approximate surface area is 105 Å². The molecule has 0 aliphatic carbocycles. The third-order valence-electron chi connectivity index (χ3n) is 3.76. The highest BCUT2D eigenvalue weighted by molar-refractivity contribution is 5.24. The molecule has 1 heterocycles. The Kier molecular flexibility index (Phi) is 4.57. The maximum atomic E-state index is 3.63. The van der Waals surface area contributed by atoms with Crippen LogP contribution in [0.4, 0.5) is 0 Å². The molecule has 2 nitrogen and oxygen atoms in total. The maximum absolute atomic E-state index is 3.63. The van der Waals surface area contributed by atoms with Crippen molar-refractivity contribution in [1.82, 2.24) is 10.6 Å². The van der Waals surface area contributed by atoms with Gasteiger partial charge in [0, 0.05) is 12.1 Å². The third-order valence-corrected chi connectivity index (χ3v) is 3.76. The first kappa shape index (κ1) is 12.6. The second-order valence-corrected chi connectivity index (χ2v) is 5.13. The molecule has 0 amide bonds. The number of hydrogen-bond acceptors (Lipinski definition) is 2. The molecule has 94 valence electrons. The average molecular weight is 232 g/mol. The first-order valence-electron chi connectivity index (χ1n) is 6.77. The average Bonchev–Trinajstić information content (AvgIpc) is 2.38. The Morgan fingerprint density at radius 3 is 2.65 bits per heavy atom. The molecule has 1 aliphatic heterocycles. The zero-order valence-corrected chi connectivity index (χ0v) is 11.0. The van der Waals surface area contributed by atoms with Crippen LogP contribution in [0.1, 0.15) is 42.9 Å². The summed E-state index contributed by atoms with van der Waals surface area (Å²) in [6.45, 7) is 3.33. The molecular weight excluding hydrogens is 208 g/mol. The van der Waals surface area contributed by atoms with E-state index in [1.165, 1.54) is 43.4 Å². The molecule has 2 rings (SSSR count). The van der Waals surface area contributed by atoms with Crippen LogP contribution in [0.15, 0.2) is 24.3 Å². The summed E-state index contributed by atoms with van der Waals surface area (Å²) < 4.78 is 0. The van der Waals surface area contributed by atoms with Crippen molar-refractivity contribution in [2.45, 2.75) is 44.7 Å². The lowest BCUT2D eigenvalue weighted by molar-refractivity contribution is 0.347.